The topological polar surface area (TPSA) is 54.1 Å². The molecule has 102 valence electrons. The van der Waals surface area contributed by atoms with Gasteiger partial charge in [-0.3, -0.25) is 5.32 Å². The summed E-state index contributed by atoms with van der Waals surface area (Å²) < 4.78 is 5.11. The normalized spacial score (nSPS) is 17.6. The molecule has 1 aliphatic rings. The fourth-order valence-electron chi connectivity index (χ4n) is 2.61. The van der Waals surface area contributed by atoms with E-state index in [2.05, 4.69) is 16.4 Å². The molecule has 1 aromatic carbocycles. The molecule has 3 rings (SSSR count). The minimum absolute atomic E-state index is 0. The van der Waals surface area contributed by atoms with Gasteiger partial charge in [0.2, 0.25) is 0 Å². The van der Waals surface area contributed by atoms with Gasteiger partial charge in [0, 0.05) is 23.1 Å². The maximum Gasteiger partial charge on any atom is 0.329 e. The van der Waals surface area contributed by atoms with Crippen LogP contribution >= 0.6 is 12.4 Å². The Bertz CT molecular complexity index is 594. The molecule has 0 amide bonds. The lowest BCUT2D eigenvalue weighted by molar-refractivity contribution is -0.146. The molecule has 0 aliphatic carbocycles. The van der Waals surface area contributed by atoms with Crippen molar-refractivity contribution in [3.63, 3.8) is 0 Å². The van der Waals surface area contributed by atoms with Gasteiger partial charge in [0.15, 0.2) is 0 Å². The number of nitrogens with one attached hydrogen (secondary N) is 2. The highest BCUT2D eigenvalue weighted by molar-refractivity contribution is 5.88. The van der Waals surface area contributed by atoms with Crippen LogP contribution in [-0.2, 0) is 16.0 Å². The molecule has 0 saturated heterocycles. The number of H-pyrrole nitrogens is 1. The minimum Gasteiger partial charge on any atom is -0.465 e. The van der Waals surface area contributed by atoms with Crippen molar-refractivity contribution in [2.24, 2.45) is 0 Å². The van der Waals surface area contributed by atoms with Gasteiger partial charge >= 0.3 is 5.97 Å². The summed E-state index contributed by atoms with van der Waals surface area (Å²) in [6.07, 6.45) is 0.940. The van der Waals surface area contributed by atoms with Crippen LogP contribution in [0.2, 0.25) is 0 Å². The van der Waals surface area contributed by atoms with Crippen LogP contribution in [0, 0.1) is 0 Å². The van der Waals surface area contributed by atoms with Crippen LogP contribution in [-0.4, -0.2) is 24.1 Å². The lowest BCUT2D eigenvalue weighted by Crippen LogP contribution is -2.36. The molecule has 5 heteroatoms. The second-order valence-electron chi connectivity index (χ2n) is 4.45. The van der Waals surface area contributed by atoms with Crippen LogP contribution in [0.3, 0.4) is 0 Å². The Morgan fingerprint density at radius 3 is 3.00 bits per heavy atom. The Morgan fingerprint density at radius 2 is 2.21 bits per heavy atom. The van der Waals surface area contributed by atoms with Crippen molar-refractivity contribution in [1.82, 2.24) is 10.3 Å². The van der Waals surface area contributed by atoms with Crippen molar-refractivity contribution in [3.8, 4) is 0 Å². The van der Waals surface area contributed by atoms with Gasteiger partial charge in [0.1, 0.15) is 6.04 Å². The fraction of sp³-hybridized carbons (Fsp3) is 0.357. The quantitative estimate of drug-likeness (QED) is 0.830. The molecule has 1 aromatic heterocycles. The van der Waals surface area contributed by atoms with E-state index in [-0.39, 0.29) is 24.4 Å². The van der Waals surface area contributed by atoms with Crippen LogP contribution in [0.5, 0.6) is 0 Å². The molecule has 4 nitrogen and oxygen atoms in total. The van der Waals surface area contributed by atoms with Crippen LogP contribution < -0.4 is 5.32 Å². The van der Waals surface area contributed by atoms with Crippen molar-refractivity contribution in [3.05, 3.63) is 35.5 Å². The highest BCUT2D eigenvalue weighted by Crippen LogP contribution is 2.30. The number of rotatable bonds is 2. The maximum atomic E-state index is 11.9. The van der Waals surface area contributed by atoms with Crippen molar-refractivity contribution >= 4 is 29.3 Å². The highest BCUT2D eigenvalue weighted by Gasteiger charge is 2.29. The smallest absolute Gasteiger partial charge is 0.329 e. The summed E-state index contributed by atoms with van der Waals surface area (Å²) in [7, 11) is 0. The Kier molecular flexibility index (Phi) is 4.12. The molecule has 0 radical (unpaired) electrons. The summed E-state index contributed by atoms with van der Waals surface area (Å²) >= 11 is 0. The number of carbonyl (C=O) groups is 1. The van der Waals surface area contributed by atoms with E-state index in [0.29, 0.717) is 6.61 Å². The third kappa shape index (κ3) is 2.33. The van der Waals surface area contributed by atoms with Gasteiger partial charge in [-0.05, 0) is 25.0 Å². The molecule has 0 fully saturated rings. The van der Waals surface area contributed by atoms with E-state index in [1.807, 2.05) is 25.1 Å². The maximum absolute atomic E-state index is 11.9. The molecule has 0 bridgehead atoms. The van der Waals surface area contributed by atoms with Gasteiger partial charge in [-0.2, -0.15) is 0 Å². The van der Waals surface area contributed by atoms with Gasteiger partial charge < -0.3 is 9.72 Å². The molecule has 1 atom stereocenters. The molecule has 2 N–H and O–H groups in total. The number of aromatic amines is 1. The molecule has 1 aliphatic heterocycles. The molecular weight excluding hydrogens is 264 g/mol. The largest absolute Gasteiger partial charge is 0.465 e. The molecule has 0 saturated carbocycles. The van der Waals surface area contributed by atoms with Crippen LogP contribution in [0.25, 0.3) is 10.9 Å². The summed E-state index contributed by atoms with van der Waals surface area (Å²) in [6.45, 7) is 3.04. The number of carbonyl (C=O) groups excluding carboxylic acids is 1. The first-order chi connectivity index (χ1) is 8.81. The Hall–Kier alpha value is -1.52. The highest BCUT2D eigenvalue weighted by atomic mass is 35.5. The number of esters is 1. The number of aromatic nitrogens is 1. The lowest BCUT2D eigenvalue weighted by Gasteiger charge is -2.22. The molecule has 1 unspecified atom stereocenters. The van der Waals surface area contributed by atoms with Gasteiger partial charge in [0.25, 0.3) is 0 Å². The van der Waals surface area contributed by atoms with Gasteiger partial charge in [-0.25, -0.2) is 4.79 Å². The summed E-state index contributed by atoms with van der Waals surface area (Å²) in [5, 5.41) is 4.43. The Balaban J connectivity index is 0.00000133. The lowest BCUT2D eigenvalue weighted by atomic mass is 9.99. The Morgan fingerprint density at radius 1 is 1.42 bits per heavy atom. The van der Waals surface area contributed by atoms with E-state index in [1.165, 1.54) is 10.9 Å². The van der Waals surface area contributed by atoms with Gasteiger partial charge in [0.05, 0.1) is 6.61 Å². The zero-order valence-electron chi connectivity index (χ0n) is 10.7. The number of benzene rings is 1. The zero-order chi connectivity index (χ0) is 12.5. The first-order valence-electron chi connectivity index (χ1n) is 6.30. The van der Waals surface area contributed by atoms with E-state index in [1.54, 1.807) is 0 Å². The van der Waals surface area contributed by atoms with E-state index in [0.717, 1.165) is 24.2 Å². The van der Waals surface area contributed by atoms with Crippen molar-refractivity contribution in [1.29, 1.82) is 0 Å². The number of ether oxygens (including phenoxy) is 1. The first kappa shape index (κ1) is 13.9. The molecule has 0 spiro atoms. The summed E-state index contributed by atoms with van der Waals surface area (Å²) in [5.41, 5.74) is 3.28. The monoisotopic (exact) mass is 280 g/mol. The number of hydrogen-bond donors (Lipinski definition) is 2. The second-order valence-corrected chi connectivity index (χ2v) is 4.45. The van der Waals surface area contributed by atoms with E-state index >= 15 is 0 Å². The van der Waals surface area contributed by atoms with Crippen LogP contribution in [0.1, 0.15) is 24.2 Å². The molecular formula is C14H17ClN2O2. The fourth-order valence-corrected chi connectivity index (χ4v) is 2.61. The summed E-state index contributed by atoms with van der Waals surface area (Å²) in [5.74, 6) is -0.204. The number of hydrogen-bond acceptors (Lipinski definition) is 3. The standard InChI is InChI=1S/C14H16N2O2.ClH/c1-2-18-14(17)13-12-10(7-8-15-13)9-5-3-4-6-11(9)16-12;/h3-6,13,15-16H,2,7-8H2,1H3;1H. The zero-order valence-corrected chi connectivity index (χ0v) is 11.5. The average molecular weight is 281 g/mol. The summed E-state index contributed by atoms with van der Waals surface area (Å²) in [6, 6.07) is 7.80. The average Bonchev–Trinajstić information content (AvgIpc) is 2.77. The van der Waals surface area contributed by atoms with E-state index in [4.69, 9.17) is 4.74 Å². The van der Waals surface area contributed by atoms with Crippen molar-refractivity contribution < 1.29 is 9.53 Å². The molecule has 2 heterocycles. The summed E-state index contributed by atoms with van der Waals surface area (Å²) in [4.78, 5) is 15.3. The van der Waals surface area contributed by atoms with E-state index < -0.39 is 0 Å². The van der Waals surface area contributed by atoms with Crippen molar-refractivity contribution in [2.75, 3.05) is 13.2 Å². The minimum atomic E-state index is -0.360. The predicted octanol–water partition coefficient (Wildman–Crippen LogP) is 2.34. The Labute approximate surface area is 117 Å². The number of halogens is 1. The molecule has 2 aromatic rings. The number of para-hydroxylation sites is 1. The predicted molar refractivity (Wildman–Crippen MR) is 76.6 cm³/mol. The second kappa shape index (κ2) is 5.63. The van der Waals surface area contributed by atoms with Gasteiger partial charge in [-0.15, -0.1) is 12.4 Å². The SMILES string of the molecule is CCOC(=O)C1NCCc2c1[nH]c1ccccc21.Cl. The third-order valence-electron chi connectivity index (χ3n) is 3.38. The number of fused-ring (bicyclic) bond motifs is 3. The van der Waals surface area contributed by atoms with E-state index in [9.17, 15) is 4.79 Å². The van der Waals surface area contributed by atoms with Gasteiger partial charge in [-0.1, -0.05) is 18.2 Å². The van der Waals surface area contributed by atoms with Crippen LogP contribution in [0.4, 0.5) is 0 Å². The molecule has 19 heavy (non-hydrogen) atoms. The van der Waals surface area contributed by atoms with Crippen molar-refractivity contribution in [2.45, 2.75) is 19.4 Å². The third-order valence-corrected chi connectivity index (χ3v) is 3.38. The first-order valence-corrected chi connectivity index (χ1v) is 6.30. The van der Waals surface area contributed by atoms with Crippen LogP contribution in [0.15, 0.2) is 24.3 Å².